The van der Waals surface area contributed by atoms with Gasteiger partial charge in [0.2, 0.25) is 0 Å². The van der Waals surface area contributed by atoms with Crippen LogP contribution in [-0.2, 0) is 13.5 Å². The van der Waals surface area contributed by atoms with Crippen molar-refractivity contribution >= 4 is 22.4 Å². The first-order valence-corrected chi connectivity index (χ1v) is 6.79. The van der Waals surface area contributed by atoms with Gasteiger partial charge in [0.15, 0.2) is 0 Å². The maximum atomic E-state index is 11.2. The highest BCUT2D eigenvalue weighted by Gasteiger charge is 2.21. The van der Waals surface area contributed by atoms with Crippen LogP contribution in [0, 0.1) is 20.2 Å². The minimum Gasteiger partial charge on any atom is -0.331 e. The summed E-state index contributed by atoms with van der Waals surface area (Å²) in [7, 11) is 1.84. The summed E-state index contributed by atoms with van der Waals surface area (Å²) in [6.45, 7) is 0. The molecule has 0 N–H and O–H groups in total. The molecular formula is C15H12N4O4. The van der Waals surface area contributed by atoms with Gasteiger partial charge in [0, 0.05) is 25.1 Å². The number of nitro benzene ring substituents is 2. The van der Waals surface area contributed by atoms with E-state index in [4.69, 9.17) is 0 Å². The highest BCUT2D eigenvalue weighted by molar-refractivity contribution is 5.75. The average molecular weight is 312 g/mol. The highest BCUT2D eigenvalue weighted by Crippen LogP contribution is 2.27. The quantitative estimate of drug-likeness (QED) is 0.544. The summed E-state index contributed by atoms with van der Waals surface area (Å²) in [4.78, 5) is 25.2. The average Bonchev–Trinajstić information content (AvgIpc) is 2.84. The number of fused-ring (bicyclic) bond motifs is 1. The van der Waals surface area contributed by atoms with Crippen LogP contribution >= 0.6 is 0 Å². The fourth-order valence-electron chi connectivity index (χ4n) is 2.51. The number of para-hydroxylation sites is 2. The molecule has 8 nitrogen and oxygen atoms in total. The number of aryl methyl sites for hydroxylation is 1. The molecule has 0 aliphatic heterocycles. The summed E-state index contributed by atoms with van der Waals surface area (Å²) in [6, 6.07) is 11.2. The minimum atomic E-state index is -0.647. The van der Waals surface area contributed by atoms with Crippen LogP contribution in [0.4, 0.5) is 11.4 Å². The van der Waals surface area contributed by atoms with Crippen LogP contribution in [0.25, 0.3) is 11.0 Å². The Morgan fingerprint density at radius 3 is 2.48 bits per heavy atom. The third-order valence-corrected chi connectivity index (χ3v) is 3.70. The second-order valence-corrected chi connectivity index (χ2v) is 5.08. The number of hydrogen-bond acceptors (Lipinski definition) is 5. The molecule has 2 aromatic carbocycles. The molecule has 116 valence electrons. The standard InChI is InChI=1S/C15H12N4O4/c1-17-13-5-3-2-4-12(13)16-15(17)8-10-6-7-11(18(20)21)9-14(10)19(22)23/h2-7,9H,8H2,1H3. The second kappa shape index (κ2) is 5.48. The maximum absolute atomic E-state index is 11.2. The van der Waals surface area contributed by atoms with E-state index in [2.05, 4.69) is 4.98 Å². The monoisotopic (exact) mass is 312 g/mol. The van der Waals surface area contributed by atoms with Gasteiger partial charge in [0.25, 0.3) is 11.4 Å². The molecule has 0 saturated carbocycles. The zero-order chi connectivity index (χ0) is 16.6. The molecule has 1 heterocycles. The molecule has 8 heteroatoms. The number of aromatic nitrogens is 2. The smallest absolute Gasteiger partial charge is 0.279 e. The van der Waals surface area contributed by atoms with Gasteiger partial charge in [0.1, 0.15) is 5.82 Å². The van der Waals surface area contributed by atoms with Crippen LogP contribution in [0.1, 0.15) is 11.4 Å². The molecule has 0 spiro atoms. The molecule has 3 rings (SSSR count). The fourth-order valence-corrected chi connectivity index (χ4v) is 2.51. The number of non-ortho nitro benzene ring substituents is 1. The van der Waals surface area contributed by atoms with Crippen molar-refractivity contribution in [3.05, 3.63) is 74.1 Å². The lowest BCUT2D eigenvalue weighted by Crippen LogP contribution is -2.03. The summed E-state index contributed by atoms with van der Waals surface area (Å²) in [6.07, 6.45) is 0.222. The van der Waals surface area contributed by atoms with Gasteiger partial charge in [-0.15, -0.1) is 0 Å². The third kappa shape index (κ3) is 2.61. The summed E-state index contributed by atoms with van der Waals surface area (Å²) < 4.78 is 1.86. The molecule has 0 fully saturated rings. The Hall–Kier alpha value is -3.29. The van der Waals surface area contributed by atoms with Crippen molar-refractivity contribution in [3.8, 4) is 0 Å². The SMILES string of the molecule is Cn1c(Cc2ccc([N+](=O)[O-])cc2[N+](=O)[O-])nc2ccccc21. The number of hydrogen-bond donors (Lipinski definition) is 0. The van der Waals surface area contributed by atoms with E-state index in [1.165, 1.54) is 12.1 Å². The lowest BCUT2D eigenvalue weighted by atomic mass is 10.1. The molecule has 0 bridgehead atoms. The van der Waals surface area contributed by atoms with Gasteiger partial charge in [-0.05, 0) is 18.2 Å². The topological polar surface area (TPSA) is 104 Å². The van der Waals surface area contributed by atoms with Crippen molar-refractivity contribution in [2.45, 2.75) is 6.42 Å². The van der Waals surface area contributed by atoms with E-state index in [1.54, 1.807) is 0 Å². The van der Waals surface area contributed by atoms with Gasteiger partial charge in [-0.25, -0.2) is 4.98 Å². The highest BCUT2D eigenvalue weighted by atomic mass is 16.6. The maximum Gasteiger partial charge on any atom is 0.279 e. The van der Waals surface area contributed by atoms with Crippen LogP contribution in [0.2, 0.25) is 0 Å². The van der Waals surface area contributed by atoms with Crippen LogP contribution < -0.4 is 0 Å². The van der Waals surface area contributed by atoms with Crippen molar-refractivity contribution in [1.29, 1.82) is 0 Å². The Labute approximate surface area is 130 Å². The molecule has 0 aliphatic carbocycles. The predicted octanol–water partition coefficient (Wildman–Crippen LogP) is 2.98. The molecule has 1 aromatic heterocycles. The normalized spacial score (nSPS) is 10.8. The molecule has 0 amide bonds. The molecule has 0 unspecified atom stereocenters. The van der Waals surface area contributed by atoms with Crippen molar-refractivity contribution in [2.75, 3.05) is 0 Å². The van der Waals surface area contributed by atoms with Crippen LogP contribution in [0.15, 0.2) is 42.5 Å². The number of nitrogens with zero attached hydrogens (tertiary/aromatic N) is 4. The Morgan fingerprint density at radius 2 is 1.83 bits per heavy atom. The Kier molecular flexibility index (Phi) is 3.49. The Balaban J connectivity index is 2.06. The Morgan fingerprint density at radius 1 is 1.09 bits per heavy atom. The van der Waals surface area contributed by atoms with Crippen LogP contribution in [0.3, 0.4) is 0 Å². The fraction of sp³-hybridized carbons (Fsp3) is 0.133. The summed E-state index contributed by atoms with van der Waals surface area (Å²) >= 11 is 0. The molecule has 3 aromatic rings. The van der Waals surface area contributed by atoms with Gasteiger partial charge in [-0.1, -0.05) is 12.1 Å². The van der Waals surface area contributed by atoms with E-state index in [0.717, 1.165) is 17.1 Å². The van der Waals surface area contributed by atoms with Gasteiger partial charge < -0.3 is 4.57 Å². The van der Waals surface area contributed by atoms with Gasteiger partial charge in [0.05, 0.1) is 26.9 Å². The van der Waals surface area contributed by atoms with E-state index in [0.29, 0.717) is 11.4 Å². The van der Waals surface area contributed by atoms with E-state index >= 15 is 0 Å². The van der Waals surface area contributed by atoms with Crippen LogP contribution in [-0.4, -0.2) is 19.4 Å². The van der Waals surface area contributed by atoms with Crippen molar-refractivity contribution in [1.82, 2.24) is 9.55 Å². The van der Waals surface area contributed by atoms with E-state index in [9.17, 15) is 20.2 Å². The third-order valence-electron chi connectivity index (χ3n) is 3.70. The molecular weight excluding hydrogens is 300 g/mol. The van der Waals surface area contributed by atoms with Crippen LogP contribution in [0.5, 0.6) is 0 Å². The van der Waals surface area contributed by atoms with E-state index in [-0.39, 0.29) is 17.8 Å². The number of benzene rings is 2. The summed E-state index contributed by atoms with van der Waals surface area (Å²) in [5, 5.41) is 22.0. The van der Waals surface area contributed by atoms with Gasteiger partial charge >= 0.3 is 0 Å². The lowest BCUT2D eigenvalue weighted by molar-refractivity contribution is -0.394. The zero-order valence-electron chi connectivity index (χ0n) is 12.2. The van der Waals surface area contributed by atoms with Crippen molar-refractivity contribution in [2.24, 2.45) is 7.05 Å². The number of rotatable bonds is 4. The second-order valence-electron chi connectivity index (χ2n) is 5.08. The number of nitro groups is 2. The Bertz CT molecular complexity index is 932. The van der Waals surface area contributed by atoms with Gasteiger partial charge in [-0.3, -0.25) is 20.2 Å². The molecule has 0 saturated heterocycles. The van der Waals surface area contributed by atoms with Crippen molar-refractivity contribution in [3.63, 3.8) is 0 Å². The number of imidazole rings is 1. The summed E-state index contributed by atoms with van der Waals surface area (Å²) in [5.74, 6) is 0.656. The molecule has 23 heavy (non-hydrogen) atoms. The largest absolute Gasteiger partial charge is 0.331 e. The zero-order valence-corrected chi connectivity index (χ0v) is 12.2. The van der Waals surface area contributed by atoms with Gasteiger partial charge in [-0.2, -0.15) is 0 Å². The lowest BCUT2D eigenvalue weighted by Gasteiger charge is -2.04. The molecule has 0 atom stereocenters. The predicted molar refractivity (Wildman–Crippen MR) is 83.3 cm³/mol. The van der Waals surface area contributed by atoms with Crippen molar-refractivity contribution < 1.29 is 9.85 Å². The van der Waals surface area contributed by atoms with E-state index in [1.807, 2.05) is 35.9 Å². The van der Waals surface area contributed by atoms with E-state index < -0.39 is 9.85 Å². The molecule has 0 aliphatic rings. The summed E-state index contributed by atoms with van der Waals surface area (Å²) in [5.41, 5.74) is 1.54. The first kappa shape index (κ1) is 14.6. The first-order valence-electron chi connectivity index (χ1n) is 6.79. The molecule has 0 radical (unpaired) electrons. The first-order chi connectivity index (χ1) is 11.0. The minimum absolute atomic E-state index is 0.222.